The number of aliphatic imine (C=N–C) groups is 1. The van der Waals surface area contributed by atoms with Crippen molar-refractivity contribution in [1.29, 1.82) is 0 Å². The Balaban J connectivity index is 1.85. The van der Waals surface area contributed by atoms with Gasteiger partial charge >= 0.3 is 0 Å². The molecule has 0 aromatic heterocycles. The first-order chi connectivity index (χ1) is 11.0. The van der Waals surface area contributed by atoms with Gasteiger partial charge < -0.3 is 4.90 Å². The third-order valence-electron chi connectivity index (χ3n) is 3.46. The predicted octanol–water partition coefficient (Wildman–Crippen LogP) is 2.70. The summed E-state index contributed by atoms with van der Waals surface area (Å²) < 4.78 is 0. The van der Waals surface area contributed by atoms with Gasteiger partial charge in [0.2, 0.25) is 5.91 Å². The first-order valence-electron chi connectivity index (χ1n) is 7.19. The topological polar surface area (TPSA) is 53.0 Å². The molecule has 2 aliphatic heterocycles. The van der Waals surface area contributed by atoms with E-state index in [1.54, 1.807) is 45.8 Å². The number of hydrogen-bond acceptors (Lipinski definition) is 5. The molecule has 0 N–H and O–H groups in total. The quantitative estimate of drug-likeness (QED) is 0.822. The molecular weight excluding hydrogens is 354 g/mol. The van der Waals surface area contributed by atoms with E-state index >= 15 is 0 Å². The lowest BCUT2D eigenvalue weighted by Gasteiger charge is -2.24. The summed E-state index contributed by atoms with van der Waals surface area (Å²) in [7, 11) is 0. The van der Waals surface area contributed by atoms with Crippen LogP contribution < -0.4 is 4.90 Å². The zero-order valence-corrected chi connectivity index (χ0v) is 15.0. The van der Waals surface area contributed by atoms with Crippen LogP contribution in [0.25, 0.3) is 0 Å². The van der Waals surface area contributed by atoms with Crippen LogP contribution in [0, 0.1) is 0 Å². The van der Waals surface area contributed by atoms with E-state index in [9.17, 15) is 9.59 Å². The van der Waals surface area contributed by atoms with Crippen LogP contribution in [-0.4, -0.2) is 51.9 Å². The second-order valence-corrected chi connectivity index (χ2v) is 7.73. The summed E-state index contributed by atoms with van der Waals surface area (Å²) in [5.74, 6) is 1.72. The largest absolute Gasteiger partial charge is 0.323 e. The molecule has 2 heterocycles. The zero-order chi connectivity index (χ0) is 16.4. The molecule has 5 nitrogen and oxygen atoms in total. The minimum Gasteiger partial charge on any atom is -0.323 e. The third-order valence-corrected chi connectivity index (χ3v) is 5.85. The summed E-state index contributed by atoms with van der Waals surface area (Å²) in [6.45, 7) is 2.09. The van der Waals surface area contributed by atoms with Crippen LogP contribution >= 0.6 is 35.1 Å². The van der Waals surface area contributed by atoms with E-state index in [0.717, 1.165) is 11.4 Å². The summed E-state index contributed by atoms with van der Waals surface area (Å²) in [6, 6.07) is 7.27. The maximum absolute atomic E-state index is 12.8. The van der Waals surface area contributed by atoms with Crippen molar-refractivity contribution in [2.75, 3.05) is 28.8 Å². The molecule has 1 atom stereocenters. The Bertz CT molecular complexity index is 651. The molecule has 0 radical (unpaired) electrons. The highest BCUT2D eigenvalue weighted by atomic mass is 35.5. The van der Waals surface area contributed by atoms with Gasteiger partial charge in [-0.1, -0.05) is 23.4 Å². The molecule has 0 spiro atoms. The Labute approximate surface area is 148 Å². The Morgan fingerprint density at radius 1 is 1.43 bits per heavy atom. The molecule has 0 saturated carbocycles. The van der Waals surface area contributed by atoms with Gasteiger partial charge in [0.1, 0.15) is 6.54 Å². The first-order valence-corrected chi connectivity index (χ1v) is 9.71. The molecule has 2 amide bonds. The van der Waals surface area contributed by atoms with E-state index in [1.165, 1.54) is 11.8 Å². The molecule has 122 valence electrons. The van der Waals surface area contributed by atoms with Crippen molar-refractivity contribution in [3.8, 4) is 0 Å². The van der Waals surface area contributed by atoms with Gasteiger partial charge in [-0.2, -0.15) is 0 Å². The Kier molecular flexibility index (Phi) is 5.18. The minimum atomic E-state index is -0.150. The molecule has 3 rings (SSSR count). The number of carbonyl (C=O) groups excluding carboxylic acids is 2. The maximum Gasteiger partial charge on any atom is 0.252 e. The number of amides is 2. The van der Waals surface area contributed by atoms with Crippen molar-refractivity contribution < 1.29 is 9.59 Å². The van der Waals surface area contributed by atoms with Gasteiger partial charge in [0.05, 0.1) is 23.4 Å². The van der Waals surface area contributed by atoms with Crippen molar-refractivity contribution in [2.24, 2.45) is 4.99 Å². The van der Waals surface area contributed by atoms with Gasteiger partial charge in [0, 0.05) is 10.8 Å². The zero-order valence-electron chi connectivity index (χ0n) is 12.6. The van der Waals surface area contributed by atoms with Gasteiger partial charge in [0.25, 0.3) is 5.91 Å². The molecule has 8 heteroatoms. The normalized spacial score (nSPS) is 20.8. The Morgan fingerprint density at radius 3 is 2.74 bits per heavy atom. The molecule has 2 aliphatic rings. The summed E-state index contributed by atoms with van der Waals surface area (Å²) in [5.41, 5.74) is 0.721. The van der Waals surface area contributed by atoms with E-state index in [1.807, 2.05) is 6.92 Å². The van der Waals surface area contributed by atoms with E-state index in [0.29, 0.717) is 21.8 Å². The highest BCUT2D eigenvalue weighted by Gasteiger charge is 2.30. The third kappa shape index (κ3) is 3.84. The molecule has 1 aromatic rings. The molecule has 1 saturated heterocycles. The van der Waals surface area contributed by atoms with Gasteiger partial charge in [-0.15, -0.1) is 11.8 Å². The van der Waals surface area contributed by atoms with Gasteiger partial charge in [0.15, 0.2) is 5.17 Å². The summed E-state index contributed by atoms with van der Waals surface area (Å²) in [6.07, 6.45) is 0. The molecule has 1 aromatic carbocycles. The predicted molar refractivity (Wildman–Crippen MR) is 97.3 cm³/mol. The van der Waals surface area contributed by atoms with Gasteiger partial charge in [-0.3, -0.25) is 19.5 Å². The number of hydrogen-bond donors (Lipinski definition) is 0. The molecule has 1 unspecified atom stereocenters. The first kappa shape index (κ1) is 16.7. The van der Waals surface area contributed by atoms with E-state index in [4.69, 9.17) is 11.6 Å². The summed E-state index contributed by atoms with van der Waals surface area (Å²) in [5, 5.41) is 1.30. The highest BCUT2D eigenvalue weighted by Crippen LogP contribution is 2.27. The van der Waals surface area contributed by atoms with Crippen LogP contribution in [0.5, 0.6) is 0 Å². The number of carbonyl (C=O) groups is 2. The van der Waals surface area contributed by atoms with Crippen LogP contribution in [-0.2, 0) is 9.59 Å². The fraction of sp³-hybridized carbons (Fsp3) is 0.400. The van der Waals surface area contributed by atoms with Gasteiger partial charge in [-0.25, -0.2) is 0 Å². The second kappa shape index (κ2) is 7.15. The van der Waals surface area contributed by atoms with E-state index < -0.39 is 0 Å². The molecular formula is C15H16ClN3O2S2. The van der Waals surface area contributed by atoms with Crippen LogP contribution in [0.3, 0.4) is 0 Å². The van der Waals surface area contributed by atoms with Crippen LogP contribution in [0.1, 0.15) is 6.92 Å². The lowest BCUT2D eigenvalue weighted by atomic mass is 10.3. The second-order valence-electron chi connectivity index (χ2n) is 5.35. The van der Waals surface area contributed by atoms with Crippen LogP contribution in [0.15, 0.2) is 29.3 Å². The maximum atomic E-state index is 12.8. The summed E-state index contributed by atoms with van der Waals surface area (Å²) in [4.78, 5) is 32.3. The molecule has 0 bridgehead atoms. The Hall–Kier alpha value is -1.18. The minimum absolute atomic E-state index is 0.00814. The number of benzene rings is 1. The number of rotatable bonds is 3. The number of nitrogens with zero attached hydrogens (tertiary/aromatic N) is 3. The fourth-order valence-corrected chi connectivity index (χ4v) is 4.39. The standard InChI is InChI=1S/C15H16ClN3O2S2/c1-10-7-23-15(17-10)19(12-4-2-11(16)3-5-12)13(20)6-18-9-22-8-14(18)21/h2-5,10H,6-9H2,1H3. The summed E-state index contributed by atoms with van der Waals surface area (Å²) >= 11 is 9.03. The van der Waals surface area contributed by atoms with Crippen LogP contribution in [0.4, 0.5) is 5.69 Å². The van der Waals surface area contributed by atoms with E-state index in [-0.39, 0.29) is 24.4 Å². The van der Waals surface area contributed by atoms with Gasteiger partial charge in [-0.05, 0) is 31.2 Å². The van der Waals surface area contributed by atoms with Crippen molar-refractivity contribution >= 4 is 57.8 Å². The average molecular weight is 370 g/mol. The average Bonchev–Trinajstić information content (AvgIpc) is 3.11. The van der Waals surface area contributed by atoms with E-state index in [2.05, 4.69) is 4.99 Å². The molecule has 23 heavy (non-hydrogen) atoms. The number of halogens is 1. The monoisotopic (exact) mass is 369 g/mol. The smallest absolute Gasteiger partial charge is 0.252 e. The molecule has 0 aliphatic carbocycles. The highest BCUT2D eigenvalue weighted by molar-refractivity contribution is 8.14. The van der Waals surface area contributed by atoms with Crippen molar-refractivity contribution in [3.05, 3.63) is 29.3 Å². The molecule has 1 fully saturated rings. The number of thioether (sulfide) groups is 2. The lowest BCUT2D eigenvalue weighted by molar-refractivity contribution is -0.131. The lowest BCUT2D eigenvalue weighted by Crippen LogP contribution is -2.43. The van der Waals surface area contributed by atoms with Crippen molar-refractivity contribution in [3.63, 3.8) is 0 Å². The fourth-order valence-electron chi connectivity index (χ4n) is 2.31. The van der Waals surface area contributed by atoms with Crippen molar-refractivity contribution in [1.82, 2.24) is 4.90 Å². The SMILES string of the molecule is CC1CSC(N(C(=O)CN2CSCC2=O)c2ccc(Cl)cc2)=N1. The van der Waals surface area contributed by atoms with Crippen LogP contribution in [0.2, 0.25) is 5.02 Å². The number of anilines is 1. The number of amidine groups is 1. The Morgan fingerprint density at radius 2 is 2.17 bits per heavy atom. The van der Waals surface area contributed by atoms with Crippen molar-refractivity contribution in [2.45, 2.75) is 13.0 Å².